The molecule has 12 N–H and O–H groups in total. The molecule has 0 aliphatic rings. The van der Waals surface area contributed by atoms with Crippen LogP contribution in [0.2, 0.25) is 0 Å². The van der Waals surface area contributed by atoms with Crippen LogP contribution in [0.5, 0.6) is 46.0 Å². The van der Waals surface area contributed by atoms with E-state index in [-0.39, 0.29) is 91.5 Å². The van der Waals surface area contributed by atoms with Crippen molar-refractivity contribution >= 4 is 0 Å². The van der Waals surface area contributed by atoms with Crippen molar-refractivity contribution in [1.82, 2.24) is 120 Å². The van der Waals surface area contributed by atoms with Gasteiger partial charge < -0.3 is 61.3 Å². The maximum absolute atomic E-state index is 12.3. The van der Waals surface area contributed by atoms with E-state index in [1.807, 2.05) is 168 Å². The van der Waals surface area contributed by atoms with Gasteiger partial charge in [0.1, 0.15) is 137 Å². The minimum Gasteiger partial charge on any atom is -0.506 e. The summed E-state index contributed by atoms with van der Waals surface area (Å²) in [5, 5.41) is 200. The summed E-state index contributed by atoms with van der Waals surface area (Å²) < 4.78 is 11.4. The smallest absolute Gasteiger partial charge is 0.181 e. The second kappa shape index (κ2) is 38.0. The van der Waals surface area contributed by atoms with Crippen LogP contribution in [-0.4, -0.2) is 181 Å². The van der Waals surface area contributed by atoms with E-state index < -0.39 is 22.4 Å². The summed E-state index contributed by atoms with van der Waals surface area (Å²) in [6.45, 7) is 22.7. The molecule has 8 aromatic heterocycles. The molecule has 0 fully saturated rings. The van der Waals surface area contributed by atoms with Crippen LogP contribution in [0.25, 0.3) is 45.5 Å². The Hall–Kier alpha value is -18.0. The lowest BCUT2D eigenvalue weighted by Crippen LogP contribution is -2.30. The second-order valence-corrected chi connectivity index (χ2v) is 34.4. The van der Waals surface area contributed by atoms with Crippen LogP contribution in [0.1, 0.15) is 135 Å². The molecule has 0 unspecified atom stereocenters. The van der Waals surface area contributed by atoms with Gasteiger partial charge in [0.2, 0.25) is 0 Å². The van der Waals surface area contributed by atoms with Gasteiger partial charge in [0.15, 0.2) is 22.4 Å². The normalized spacial score (nSPS) is 11.7. The molecular formula is C104H96N24O12. The fourth-order valence-electron chi connectivity index (χ4n) is 17.0. The fourth-order valence-corrected chi connectivity index (χ4v) is 17.0. The molecule has 0 amide bonds. The SMILES string of the molecule is Cc1cc(C)cc(C(O)(c2cn(-c3c(C)cccc3O)nn2)c2cn(-c3c(C)cccc3O)nn2)c1.Cc1cc(C)cc(C(O)(c2cn(-c3c(C)cccc3O)nn2)c2cn(-c3c(C)cccc3O)nn2)c1.Cc1ccc(O)c(-n2cc(C(O)(c3ccccc3)c3cn(-c4cc(C)ccc4O)nn3)nn2)c1.Cc1cccc(O)c1-n1cc(C(O)(c2ccccc2)c2cn(-c3c(C)cccc3O)nn2)nn1. The number of hydrogen-bond acceptors (Lipinski definition) is 28. The van der Waals surface area contributed by atoms with Gasteiger partial charge in [-0.25, -0.2) is 37.5 Å². The van der Waals surface area contributed by atoms with E-state index in [1.54, 1.807) is 207 Å². The summed E-state index contributed by atoms with van der Waals surface area (Å²) in [7, 11) is 0. The summed E-state index contributed by atoms with van der Waals surface area (Å²) in [5.74, 6) is 0.327. The number of phenols is 8. The van der Waals surface area contributed by atoms with Crippen LogP contribution in [0.15, 0.2) is 292 Å². The van der Waals surface area contributed by atoms with Gasteiger partial charge in [0, 0.05) is 0 Å². The molecule has 8 heterocycles. The third-order valence-electron chi connectivity index (χ3n) is 24.0. The summed E-state index contributed by atoms with van der Waals surface area (Å²) in [5.41, 5.74) is 10.6. The molecule has 0 aliphatic carbocycles. The van der Waals surface area contributed by atoms with Crippen molar-refractivity contribution in [2.24, 2.45) is 0 Å². The lowest BCUT2D eigenvalue weighted by atomic mass is 9.86. The maximum Gasteiger partial charge on any atom is 0.181 e. The largest absolute Gasteiger partial charge is 0.506 e. The molecule has 0 spiro atoms. The molecule has 0 bridgehead atoms. The van der Waals surface area contributed by atoms with Crippen LogP contribution in [0.3, 0.4) is 0 Å². The summed E-state index contributed by atoms with van der Waals surface area (Å²) in [6, 6.07) is 70.6. The minimum absolute atomic E-state index is 0.0335. The number of aromatic nitrogens is 24. The quantitative estimate of drug-likeness (QED) is 0.0337. The van der Waals surface area contributed by atoms with Crippen molar-refractivity contribution in [1.29, 1.82) is 0 Å². The van der Waals surface area contributed by atoms with Crippen LogP contribution in [-0.2, 0) is 22.4 Å². The number of aliphatic hydroxyl groups is 4. The highest BCUT2D eigenvalue weighted by Crippen LogP contribution is 2.44. The number of rotatable bonds is 20. The Balaban J connectivity index is 0.000000129. The first-order valence-electron chi connectivity index (χ1n) is 44.1. The molecule has 704 valence electrons. The number of benzene rings is 12. The zero-order valence-corrected chi connectivity index (χ0v) is 77.8. The molecule has 20 rings (SSSR count). The zero-order chi connectivity index (χ0) is 99.0. The van der Waals surface area contributed by atoms with Gasteiger partial charge >= 0.3 is 0 Å². The van der Waals surface area contributed by atoms with Crippen LogP contribution in [0.4, 0.5) is 0 Å². The first-order chi connectivity index (χ1) is 67.1. The Morgan fingerprint density at radius 2 is 0.371 bits per heavy atom. The molecule has 0 saturated carbocycles. The maximum atomic E-state index is 12.3. The number of phenolic OH excluding ortho intramolecular Hbond substituents is 8. The predicted molar refractivity (Wildman–Crippen MR) is 515 cm³/mol. The van der Waals surface area contributed by atoms with E-state index in [2.05, 4.69) is 82.5 Å². The molecule has 0 saturated heterocycles. The highest BCUT2D eigenvalue weighted by atomic mass is 16.3. The molecule has 140 heavy (non-hydrogen) atoms. The Labute approximate surface area is 800 Å². The van der Waals surface area contributed by atoms with E-state index in [0.29, 0.717) is 67.8 Å². The number of para-hydroxylation sites is 6. The molecule has 0 radical (unpaired) electrons. The lowest BCUT2D eigenvalue weighted by Gasteiger charge is -2.25. The number of hydrogen-bond donors (Lipinski definition) is 12. The van der Waals surface area contributed by atoms with Crippen molar-refractivity contribution in [2.45, 2.75) is 105 Å². The van der Waals surface area contributed by atoms with Crippen molar-refractivity contribution in [2.75, 3.05) is 0 Å². The van der Waals surface area contributed by atoms with Crippen molar-refractivity contribution in [3.05, 3.63) is 427 Å². The number of aryl methyl sites for hydroxylation is 12. The lowest BCUT2D eigenvalue weighted by molar-refractivity contribution is 0.115. The fraction of sp³-hybridized carbons (Fsp3) is 0.154. The van der Waals surface area contributed by atoms with Crippen molar-refractivity contribution in [3.63, 3.8) is 0 Å². The van der Waals surface area contributed by atoms with Gasteiger partial charge in [-0.05, 0) is 211 Å². The standard InChI is InChI=1S/2C27H26N6O3.2C25H22N6O3/c2*1-16-11-17(2)13-20(12-16)27(36,23-14-32(30-28-23)25-18(3)7-5-9-21(25)34)24-15-33(31-29-24)26-19(4)8-6-10-22(26)35;1-16-8-6-12-19(32)23(16)30-14-21(26-28-30)25(34,18-10-4-3-5-11-18)22-15-31(29-27-22)24-17(2)9-7-13-20(24)33;1-16-8-10-21(32)19(12-16)30-14-23(26-28-30)25(34,18-6-4-3-5-7-18)24-15-31(29-27-24)20-13-17(2)9-11-22(20)33/h2*5-15,34-36H,1-4H3;2*3-15,32-34H,1-2H3. The molecule has 0 aliphatic heterocycles. The average molecular weight is 1870 g/mol. The van der Waals surface area contributed by atoms with Crippen LogP contribution < -0.4 is 0 Å². The van der Waals surface area contributed by atoms with Gasteiger partial charge in [-0.2, -0.15) is 0 Å². The van der Waals surface area contributed by atoms with Gasteiger partial charge in [0.05, 0.1) is 49.6 Å². The Morgan fingerprint density at radius 3 is 0.579 bits per heavy atom. The van der Waals surface area contributed by atoms with Gasteiger partial charge in [-0.15, -0.1) is 40.8 Å². The molecular weight excluding hydrogens is 1780 g/mol. The predicted octanol–water partition coefficient (Wildman–Crippen LogP) is 13.9. The summed E-state index contributed by atoms with van der Waals surface area (Å²) >= 11 is 0. The van der Waals surface area contributed by atoms with E-state index in [0.717, 1.165) is 66.8 Å². The average Bonchev–Trinajstić information content (AvgIpc) is 1.62. The molecule has 12 aromatic carbocycles. The molecule has 36 heteroatoms. The van der Waals surface area contributed by atoms with Gasteiger partial charge in [-0.1, -0.05) is 246 Å². The minimum atomic E-state index is -1.82. The number of nitrogens with zero attached hydrogens (tertiary/aromatic N) is 24. The molecule has 0 atom stereocenters. The first-order valence-corrected chi connectivity index (χ1v) is 44.1. The Kier molecular flexibility index (Phi) is 25.5. The first kappa shape index (κ1) is 93.8. The summed E-state index contributed by atoms with van der Waals surface area (Å²) in [4.78, 5) is 0. The van der Waals surface area contributed by atoms with E-state index in [1.165, 1.54) is 37.5 Å². The second-order valence-electron chi connectivity index (χ2n) is 34.4. The van der Waals surface area contributed by atoms with E-state index in [4.69, 9.17) is 0 Å². The molecule has 36 nitrogen and oxygen atoms in total. The number of aromatic hydroxyl groups is 8. The van der Waals surface area contributed by atoms with Crippen molar-refractivity contribution in [3.8, 4) is 91.5 Å². The van der Waals surface area contributed by atoms with Crippen molar-refractivity contribution < 1.29 is 61.3 Å². The van der Waals surface area contributed by atoms with Gasteiger partial charge in [0.25, 0.3) is 0 Å². The van der Waals surface area contributed by atoms with Crippen LogP contribution >= 0.6 is 0 Å². The summed E-state index contributed by atoms with van der Waals surface area (Å²) in [6.07, 6.45) is 12.5. The Morgan fingerprint density at radius 1 is 0.179 bits per heavy atom. The van der Waals surface area contributed by atoms with E-state index in [9.17, 15) is 61.3 Å². The molecule has 20 aromatic rings. The Bertz CT molecular complexity index is 7210. The van der Waals surface area contributed by atoms with E-state index >= 15 is 0 Å². The van der Waals surface area contributed by atoms with Gasteiger partial charge in [-0.3, -0.25) is 0 Å². The third-order valence-corrected chi connectivity index (χ3v) is 24.0. The van der Waals surface area contributed by atoms with Crippen LogP contribution in [0, 0.1) is 83.1 Å². The highest BCUT2D eigenvalue weighted by Gasteiger charge is 2.45. The zero-order valence-electron chi connectivity index (χ0n) is 77.8. The topological polar surface area (TPSA) is 488 Å². The third kappa shape index (κ3) is 17.9. The monoisotopic (exact) mass is 1870 g/mol. The highest BCUT2D eigenvalue weighted by molar-refractivity contribution is 5.60.